The van der Waals surface area contributed by atoms with Gasteiger partial charge in [0.15, 0.2) is 6.10 Å². The number of rotatable bonds is 34. The molecule has 1 unspecified atom stereocenters. The molecule has 5 heteroatoms. The normalized spacial score (nSPS) is 13.3. The highest BCUT2D eigenvalue weighted by Gasteiger charge is 2.16. The van der Waals surface area contributed by atoms with Crippen molar-refractivity contribution >= 4 is 11.9 Å². The molecule has 0 heterocycles. The van der Waals surface area contributed by atoms with Crippen LogP contribution in [0, 0.1) is 0 Å². The number of aliphatic hydroxyl groups is 1. The number of aliphatic hydroxyl groups excluding tert-OH is 1. The standard InChI is InChI=1S/C45H72O5/c1-3-5-7-9-11-13-15-17-19-20-21-22-23-24-26-28-30-32-34-36-38-40-45(48)50-43(41-46)42-49-44(47)39-37-35-33-31-29-27-25-18-16-14-12-10-8-6-4-2/h5-8,11-14,17-19,21-22,25,29,31,43,46H,3-4,9-10,15-16,20,23-24,26-28,30,32-42H2,1-2H3/b7-5-,8-6-,13-11-,14-12-,19-17-,22-21-,25-18-,31-29-. The molecule has 1 N–H and O–H groups in total. The average Bonchev–Trinajstić information content (AvgIpc) is 3.12. The van der Waals surface area contributed by atoms with E-state index in [0.29, 0.717) is 12.8 Å². The van der Waals surface area contributed by atoms with Crippen LogP contribution >= 0.6 is 0 Å². The van der Waals surface area contributed by atoms with Crippen LogP contribution in [0.2, 0.25) is 0 Å². The number of hydrogen-bond acceptors (Lipinski definition) is 5. The zero-order chi connectivity index (χ0) is 36.4. The highest BCUT2D eigenvalue weighted by atomic mass is 16.6. The molecule has 50 heavy (non-hydrogen) atoms. The van der Waals surface area contributed by atoms with E-state index >= 15 is 0 Å². The number of esters is 2. The molecule has 0 aliphatic heterocycles. The van der Waals surface area contributed by atoms with E-state index in [1.54, 1.807) is 0 Å². The number of unbranched alkanes of at least 4 members (excludes halogenated alkanes) is 10. The molecule has 0 rings (SSSR count). The van der Waals surface area contributed by atoms with E-state index in [9.17, 15) is 14.7 Å². The first kappa shape index (κ1) is 46.8. The lowest BCUT2D eigenvalue weighted by Gasteiger charge is -2.15. The minimum Gasteiger partial charge on any atom is -0.462 e. The lowest BCUT2D eigenvalue weighted by molar-refractivity contribution is -0.161. The zero-order valence-electron chi connectivity index (χ0n) is 31.9. The van der Waals surface area contributed by atoms with Crippen LogP contribution in [0.25, 0.3) is 0 Å². The van der Waals surface area contributed by atoms with Crippen LogP contribution in [0.5, 0.6) is 0 Å². The number of allylic oxidation sites excluding steroid dienone is 16. The smallest absolute Gasteiger partial charge is 0.306 e. The summed E-state index contributed by atoms with van der Waals surface area (Å²) in [5.41, 5.74) is 0. The van der Waals surface area contributed by atoms with Gasteiger partial charge in [-0.3, -0.25) is 9.59 Å². The third kappa shape index (κ3) is 37.6. The molecule has 0 aromatic rings. The van der Waals surface area contributed by atoms with Crippen molar-refractivity contribution in [3.8, 4) is 0 Å². The van der Waals surface area contributed by atoms with Gasteiger partial charge in [-0.1, -0.05) is 150 Å². The number of carbonyl (C=O) groups is 2. The SMILES string of the molecule is CC/C=C\C/C=C\C/C=C\C/C=C\CCCCCCCCCCC(=O)OC(CO)COC(=O)CCCC/C=C\C/C=C\C/C=C\C/C=C\CC. The fourth-order valence-electron chi connectivity index (χ4n) is 4.95. The van der Waals surface area contributed by atoms with Crippen molar-refractivity contribution in [3.05, 3.63) is 97.2 Å². The molecule has 282 valence electrons. The van der Waals surface area contributed by atoms with Crippen molar-refractivity contribution in [1.29, 1.82) is 0 Å². The Morgan fingerprint density at radius 2 is 0.800 bits per heavy atom. The van der Waals surface area contributed by atoms with E-state index in [-0.39, 0.29) is 25.2 Å². The second-order valence-corrected chi connectivity index (χ2v) is 12.6. The van der Waals surface area contributed by atoms with E-state index in [1.165, 1.54) is 32.1 Å². The predicted octanol–water partition coefficient (Wildman–Crippen LogP) is 12.5. The average molecular weight is 693 g/mol. The molecule has 0 fully saturated rings. The van der Waals surface area contributed by atoms with E-state index in [4.69, 9.17) is 9.47 Å². The monoisotopic (exact) mass is 693 g/mol. The van der Waals surface area contributed by atoms with E-state index in [1.807, 2.05) is 0 Å². The Bertz CT molecular complexity index is 1010. The Kier molecular flexibility index (Phi) is 37.7. The molecule has 0 radical (unpaired) electrons. The maximum Gasteiger partial charge on any atom is 0.306 e. The first-order chi connectivity index (χ1) is 24.6. The van der Waals surface area contributed by atoms with Gasteiger partial charge in [0.05, 0.1) is 6.61 Å². The van der Waals surface area contributed by atoms with Crippen LogP contribution in [-0.2, 0) is 19.1 Å². The van der Waals surface area contributed by atoms with Gasteiger partial charge < -0.3 is 14.6 Å². The van der Waals surface area contributed by atoms with E-state index in [0.717, 1.165) is 96.3 Å². The van der Waals surface area contributed by atoms with Gasteiger partial charge in [0.1, 0.15) is 6.61 Å². The number of hydrogen-bond donors (Lipinski definition) is 1. The molecular weight excluding hydrogens is 620 g/mol. The van der Waals surface area contributed by atoms with Crippen LogP contribution < -0.4 is 0 Å². The molecular formula is C45H72O5. The summed E-state index contributed by atoms with van der Waals surface area (Å²) in [7, 11) is 0. The van der Waals surface area contributed by atoms with Crippen molar-refractivity contribution in [2.24, 2.45) is 0 Å². The number of ether oxygens (including phenoxy) is 2. The quantitative estimate of drug-likeness (QED) is 0.0413. The summed E-state index contributed by atoms with van der Waals surface area (Å²) in [6, 6.07) is 0. The van der Waals surface area contributed by atoms with Gasteiger partial charge in [0.25, 0.3) is 0 Å². The van der Waals surface area contributed by atoms with Gasteiger partial charge >= 0.3 is 11.9 Å². The van der Waals surface area contributed by atoms with Crippen molar-refractivity contribution in [2.45, 2.75) is 161 Å². The molecule has 0 saturated carbocycles. The lowest BCUT2D eigenvalue weighted by Crippen LogP contribution is -2.28. The first-order valence-electron chi connectivity index (χ1n) is 19.8. The summed E-state index contributed by atoms with van der Waals surface area (Å²) in [6.07, 6.45) is 56.1. The minimum absolute atomic E-state index is 0.0970. The van der Waals surface area contributed by atoms with Crippen molar-refractivity contribution in [3.63, 3.8) is 0 Å². The van der Waals surface area contributed by atoms with Gasteiger partial charge in [-0.2, -0.15) is 0 Å². The summed E-state index contributed by atoms with van der Waals surface area (Å²) in [5, 5.41) is 9.55. The van der Waals surface area contributed by atoms with Gasteiger partial charge in [-0.25, -0.2) is 0 Å². The van der Waals surface area contributed by atoms with Crippen LogP contribution in [0.4, 0.5) is 0 Å². The van der Waals surface area contributed by atoms with Gasteiger partial charge in [0.2, 0.25) is 0 Å². The van der Waals surface area contributed by atoms with Crippen LogP contribution in [0.15, 0.2) is 97.2 Å². The van der Waals surface area contributed by atoms with Crippen LogP contribution in [0.1, 0.15) is 155 Å². The van der Waals surface area contributed by atoms with E-state index in [2.05, 4.69) is 111 Å². The maximum absolute atomic E-state index is 12.2. The Morgan fingerprint density at radius 1 is 0.460 bits per heavy atom. The molecule has 1 atom stereocenters. The number of carbonyl (C=O) groups excluding carboxylic acids is 2. The van der Waals surface area contributed by atoms with Crippen molar-refractivity contribution in [2.75, 3.05) is 13.2 Å². The fourth-order valence-corrected chi connectivity index (χ4v) is 4.95. The topological polar surface area (TPSA) is 72.8 Å². The summed E-state index contributed by atoms with van der Waals surface area (Å²) in [6.45, 7) is 3.85. The largest absolute Gasteiger partial charge is 0.462 e. The Balaban J connectivity index is 3.66. The molecule has 5 nitrogen and oxygen atoms in total. The molecule has 0 saturated heterocycles. The van der Waals surface area contributed by atoms with E-state index < -0.39 is 6.10 Å². The van der Waals surface area contributed by atoms with Gasteiger partial charge in [-0.15, -0.1) is 0 Å². The maximum atomic E-state index is 12.2. The molecule has 0 aliphatic rings. The van der Waals surface area contributed by atoms with Crippen molar-refractivity contribution in [1.82, 2.24) is 0 Å². The molecule has 0 spiro atoms. The highest BCUT2D eigenvalue weighted by Crippen LogP contribution is 2.12. The van der Waals surface area contributed by atoms with Gasteiger partial charge in [-0.05, 0) is 89.9 Å². The molecule has 0 aliphatic carbocycles. The third-order valence-electron chi connectivity index (χ3n) is 7.87. The summed E-state index contributed by atoms with van der Waals surface area (Å²) < 4.78 is 10.6. The lowest BCUT2D eigenvalue weighted by atomic mass is 10.1. The summed E-state index contributed by atoms with van der Waals surface area (Å²) in [4.78, 5) is 24.3. The van der Waals surface area contributed by atoms with Crippen molar-refractivity contribution < 1.29 is 24.2 Å². The van der Waals surface area contributed by atoms with Gasteiger partial charge in [0, 0.05) is 12.8 Å². The predicted molar refractivity (Wildman–Crippen MR) is 214 cm³/mol. The van der Waals surface area contributed by atoms with Crippen LogP contribution in [0.3, 0.4) is 0 Å². The molecule has 0 aromatic heterocycles. The van der Waals surface area contributed by atoms with Crippen LogP contribution in [-0.4, -0.2) is 36.4 Å². The molecule has 0 bridgehead atoms. The summed E-state index contributed by atoms with van der Waals surface area (Å²) >= 11 is 0. The third-order valence-corrected chi connectivity index (χ3v) is 7.87. The second-order valence-electron chi connectivity index (χ2n) is 12.6. The second kappa shape index (κ2) is 40.3. The zero-order valence-corrected chi connectivity index (χ0v) is 31.9. The Labute approximate surface area is 307 Å². The Hall–Kier alpha value is -3.18. The Morgan fingerprint density at radius 3 is 1.24 bits per heavy atom. The minimum atomic E-state index is -0.799. The fraction of sp³-hybridized carbons (Fsp3) is 0.600. The summed E-state index contributed by atoms with van der Waals surface area (Å²) in [5.74, 6) is -0.659. The first-order valence-corrected chi connectivity index (χ1v) is 19.8. The molecule has 0 aromatic carbocycles. The highest BCUT2D eigenvalue weighted by molar-refractivity contribution is 5.70. The molecule has 0 amide bonds.